The Morgan fingerprint density at radius 3 is 3.00 bits per heavy atom. The summed E-state index contributed by atoms with van der Waals surface area (Å²) < 4.78 is 13.5. The first-order valence-corrected chi connectivity index (χ1v) is 9.50. The van der Waals surface area contributed by atoms with E-state index in [-0.39, 0.29) is 30.1 Å². The van der Waals surface area contributed by atoms with E-state index in [9.17, 15) is 0 Å². The van der Waals surface area contributed by atoms with Crippen LogP contribution in [0.4, 0.5) is 0 Å². The molecule has 2 N–H and O–H groups in total. The van der Waals surface area contributed by atoms with Gasteiger partial charge in [-0.2, -0.15) is 5.10 Å². The Labute approximate surface area is 183 Å². The lowest BCUT2D eigenvalue weighted by Crippen LogP contribution is -2.37. The van der Waals surface area contributed by atoms with Crippen LogP contribution >= 0.6 is 24.0 Å². The molecular weight excluding hydrogens is 469 g/mol. The summed E-state index contributed by atoms with van der Waals surface area (Å²) in [5, 5.41) is 10.9. The quantitative estimate of drug-likeness (QED) is 0.253. The van der Waals surface area contributed by atoms with Crippen molar-refractivity contribution in [1.82, 2.24) is 20.4 Å². The first kappa shape index (κ1) is 22.5. The van der Waals surface area contributed by atoms with E-state index in [0.29, 0.717) is 13.2 Å². The maximum Gasteiger partial charge on any atom is 0.191 e. The van der Waals surface area contributed by atoms with Gasteiger partial charge in [0.15, 0.2) is 5.96 Å². The fourth-order valence-electron chi connectivity index (χ4n) is 2.98. The predicted molar refractivity (Wildman–Crippen MR) is 121 cm³/mol. The molecule has 1 aliphatic rings. The minimum Gasteiger partial charge on any atom is -0.488 e. The average molecular weight is 499 g/mol. The number of nitrogens with one attached hydrogen (secondary N) is 2. The summed E-state index contributed by atoms with van der Waals surface area (Å²) in [5.41, 5.74) is 2.31. The van der Waals surface area contributed by atoms with Crippen LogP contribution in [0.2, 0.25) is 0 Å². The largest absolute Gasteiger partial charge is 0.488 e. The highest BCUT2D eigenvalue weighted by Gasteiger charge is 2.18. The molecule has 1 unspecified atom stereocenters. The molecule has 0 aliphatic carbocycles. The Hall–Kier alpha value is -1.81. The minimum absolute atomic E-state index is 0. The van der Waals surface area contributed by atoms with Gasteiger partial charge in [-0.15, -0.1) is 24.0 Å². The van der Waals surface area contributed by atoms with Crippen LogP contribution < -0.4 is 15.4 Å². The maximum absolute atomic E-state index is 6.16. The average Bonchev–Trinajstić information content (AvgIpc) is 3.36. The van der Waals surface area contributed by atoms with Crippen LogP contribution in [0.5, 0.6) is 5.75 Å². The normalized spacial score (nSPS) is 16.5. The number of halogens is 1. The third-order valence-corrected chi connectivity index (χ3v) is 4.49. The fourth-order valence-corrected chi connectivity index (χ4v) is 2.98. The molecule has 1 saturated heterocycles. The highest BCUT2D eigenvalue weighted by molar-refractivity contribution is 14.0. The summed E-state index contributed by atoms with van der Waals surface area (Å²) in [7, 11) is 1.78. The zero-order chi connectivity index (χ0) is 18.9. The van der Waals surface area contributed by atoms with Crippen LogP contribution in [0.15, 0.2) is 41.7 Å². The van der Waals surface area contributed by atoms with E-state index in [1.165, 1.54) is 5.56 Å². The number of hydrogen-bond acceptors (Lipinski definition) is 4. The summed E-state index contributed by atoms with van der Waals surface area (Å²) >= 11 is 0. The van der Waals surface area contributed by atoms with Gasteiger partial charge < -0.3 is 20.1 Å². The molecule has 2 aromatic rings. The number of aryl methyl sites for hydroxylation is 2. The molecule has 7 nitrogen and oxygen atoms in total. The summed E-state index contributed by atoms with van der Waals surface area (Å²) in [6.45, 7) is 5.89. The van der Waals surface area contributed by atoms with Crippen LogP contribution in [-0.2, 0) is 17.8 Å². The molecule has 0 saturated carbocycles. The van der Waals surface area contributed by atoms with E-state index in [0.717, 1.165) is 49.8 Å². The SMILES string of the molecule is CN=C(NCCCn1cccn1)NCc1ccc(C)cc1OC1CCOC1.I. The summed E-state index contributed by atoms with van der Waals surface area (Å²) in [6, 6.07) is 8.25. The molecular formula is C20H30IN5O2. The molecule has 3 rings (SSSR count). The lowest BCUT2D eigenvalue weighted by Gasteiger charge is -2.18. The number of aromatic nitrogens is 2. The van der Waals surface area contributed by atoms with Crippen LogP contribution in [0.1, 0.15) is 24.0 Å². The van der Waals surface area contributed by atoms with Gasteiger partial charge in [0.05, 0.1) is 13.2 Å². The van der Waals surface area contributed by atoms with E-state index in [2.05, 4.69) is 45.8 Å². The monoisotopic (exact) mass is 499 g/mol. The summed E-state index contributed by atoms with van der Waals surface area (Å²) in [5.74, 6) is 1.71. The Morgan fingerprint density at radius 1 is 1.39 bits per heavy atom. The zero-order valence-electron chi connectivity index (χ0n) is 16.6. The zero-order valence-corrected chi connectivity index (χ0v) is 18.9. The number of rotatable bonds is 8. The van der Waals surface area contributed by atoms with Gasteiger partial charge in [0.2, 0.25) is 0 Å². The molecule has 0 radical (unpaired) electrons. The summed E-state index contributed by atoms with van der Waals surface area (Å²) in [4.78, 5) is 4.30. The van der Waals surface area contributed by atoms with Crippen molar-refractivity contribution in [3.05, 3.63) is 47.8 Å². The lowest BCUT2D eigenvalue weighted by molar-refractivity contribution is 0.140. The van der Waals surface area contributed by atoms with Crippen LogP contribution in [0.3, 0.4) is 0 Å². The van der Waals surface area contributed by atoms with Crippen molar-refractivity contribution in [3.8, 4) is 5.75 Å². The molecule has 28 heavy (non-hydrogen) atoms. The van der Waals surface area contributed by atoms with Crippen LogP contribution in [-0.4, -0.2) is 48.7 Å². The number of benzene rings is 1. The minimum atomic E-state index is 0. The van der Waals surface area contributed by atoms with Crippen molar-refractivity contribution >= 4 is 29.9 Å². The van der Waals surface area contributed by atoms with Gasteiger partial charge in [0.1, 0.15) is 11.9 Å². The Morgan fingerprint density at radius 2 is 2.29 bits per heavy atom. The predicted octanol–water partition coefficient (Wildman–Crippen LogP) is 2.73. The molecule has 0 amide bonds. The van der Waals surface area contributed by atoms with Crippen molar-refractivity contribution in [2.24, 2.45) is 4.99 Å². The van der Waals surface area contributed by atoms with Gasteiger partial charge in [0, 0.05) is 51.1 Å². The second kappa shape index (κ2) is 11.9. The van der Waals surface area contributed by atoms with Gasteiger partial charge in [-0.25, -0.2) is 0 Å². The molecule has 0 spiro atoms. The highest BCUT2D eigenvalue weighted by atomic mass is 127. The molecule has 1 aromatic carbocycles. The molecule has 0 bridgehead atoms. The third-order valence-electron chi connectivity index (χ3n) is 4.49. The van der Waals surface area contributed by atoms with E-state index in [1.54, 1.807) is 13.2 Å². The van der Waals surface area contributed by atoms with Gasteiger partial charge in [-0.3, -0.25) is 9.67 Å². The van der Waals surface area contributed by atoms with Crippen molar-refractivity contribution in [3.63, 3.8) is 0 Å². The fraction of sp³-hybridized carbons (Fsp3) is 0.500. The van der Waals surface area contributed by atoms with Crippen molar-refractivity contribution < 1.29 is 9.47 Å². The number of guanidine groups is 1. The summed E-state index contributed by atoms with van der Waals surface area (Å²) in [6.07, 6.45) is 5.84. The number of hydrogen-bond donors (Lipinski definition) is 2. The molecule has 2 heterocycles. The van der Waals surface area contributed by atoms with E-state index in [1.807, 2.05) is 16.9 Å². The smallest absolute Gasteiger partial charge is 0.191 e. The molecule has 154 valence electrons. The first-order chi connectivity index (χ1) is 13.2. The van der Waals surface area contributed by atoms with E-state index >= 15 is 0 Å². The van der Waals surface area contributed by atoms with Gasteiger partial charge >= 0.3 is 0 Å². The lowest BCUT2D eigenvalue weighted by atomic mass is 10.1. The molecule has 1 fully saturated rings. The maximum atomic E-state index is 6.16. The molecule has 8 heteroatoms. The van der Waals surface area contributed by atoms with E-state index in [4.69, 9.17) is 9.47 Å². The number of ether oxygens (including phenoxy) is 2. The Balaban J connectivity index is 0.00000280. The topological polar surface area (TPSA) is 72.7 Å². The van der Waals surface area contributed by atoms with Crippen molar-refractivity contribution in [2.75, 3.05) is 26.8 Å². The highest BCUT2D eigenvalue weighted by Crippen LogP contribution is 2.23. The molecule has 1 aromatic heterocycles. The first-order valence-electron chi connectivity index (χ1n) is 9.50. The van der Waals surface area contributed by atoms with Gasteiger partial charge in [-0.1, -0.05) is 12.1 Å². The van der Waals surface area contributed by atoms with Gasteiger partial charge in [-0.05, 0) is 31.0 Å². The van der Waals surface area contributed by atoms with E-state index < -0.39 is 0 Å². The van der Waals surface area contributed by atoms with Gasteiger partial charge in [0.25, 0.3) is 0 Å². The standard InChI is InChI=1S/C20H29N5O2.HI/c1-16-5-6-17(19(13-16)27-18-7-12-26-15-18)14-23-20(21-2)22-8-3-10-25-11-4-9-24-25;/h4-6,9,11,13,18H,3,7-8,10,12,14-15H2,1-2H3,(H2,21,22,23);1H. The Bertz CT molecular complexity index is 730. The second-order valence-electron chi connectivity index (χ2n) is 6.69. The number of nitrogens with zero attached hydrogens (tertiary/aromatic N) is 3. The Kier molecular flexibility index (Phi) is 9.56. The third kappa shape index (κ3) is 6.97. The van der Waals surface area contributed by atoms with Crippen molar-refractivity contribution in [1.29, 1.82) is 0 Å². The molecule has 1 aliphatic heterocycles. The van der Waals surface area contributed by atoms with Crippen LogP contribution in [0.25, 0.3) is 0 Å². The number of aliphatic imine (C=N–C) groups is 1. The second-order valence-corrected chi connectivity index (χ2v) is 6.69. The molecule has 1 atom stereocenters. The van der Waals surface area contributed by atoms with Crippen molar-refractivity contribution in [2.45, 2.75) is 39.0 Å². The van der Waals surface area contributed by atoms with Crippen LogP contribution in [0, 0.1) is 6.92 Å².